The molecule has 1 unspecified atom stereocenters. The summed E-state index contributed by atoms with van der Waals surface area (Å²) < 4.78 is 18.9. The van der Waals surface area contributed by atoms with Gasteiger partial charge in [0.15, 0.2) is 5.85 Å². The molecule has 0 aromatic carbocycles. The second-order valence-electron chi connectivity index (χ2n) is 1.93. The Hall–Kier alpha value is 0.220. The van der Waals surface area contributed by atoms with Crippen molar-refractivity contribution in [3.05, 3.63) is 0 Å². The zero-order valence-corrected chi connectivity index (χ0v) is 8.46. The molecular weight excluding hydrogens is 224 g/mol. The SMILES string of the molecule is NCCC(O)P(=O)(O)O.O=[PH](O)O. The normalized spacial score (nSPS) is 13.5. The summed E-state index contributed by atoms with van der Waals surface area (Å²) in [5.41, 5.74) is 4.92. The van der Waals surface area contributed by atoms with Gasteiger partial charge < -0.3 is 30.4 Å². The first-order chi connectivity index (χ1) is 5.71. The molecule has 0 aliphatic heterocycles. The Morgan fingerprint density at radius 3 is 1.77 bits per heavy atom. The van der Waals surface area contributed by atoms with Crippen LogP contribution in [0.5, 0.6) is 0 Å². The number of aliphatic hydroxyl groups excluding tert-OH is 1. The molecule has 0 aliphatic carbocycles. The van der Waals surface area contributed by atoms with Crippen LogP contribution in [0.3, 0.4) is 0 Å². The van der Waals surface area contributed by atoms with Gasteiger partial charge in [-0.3, -0.25) is 9.13 Å². The smallest absolute Gasteiger partial charge is 0.353 e. The molecule has 8 nitrogen and oxygen atoms in total. The third kappa shape index (κ3) is 15.0. The topological polar surface area (TPSA) is 161 Å². The van der Waals surface area contributed by atoms with Crippen molar-refractivity contribution >= 4 is 15.9 Å². The Morgan fingerprint density at radius 1 is 1.38 bits per heavy atom. The molecular formula is C3H13NO7P2. The highest BCUT2D eigenvalue weighted by molar-refractivity contribution is 7.52. The van der Waals surface area contributed by atoms with Crippen molar-refractivity contribution in [2.45, 2.75) is 12.3 Å². The molecule has 0 aromatic rings. The van der Waals surface area contributed by atoms with E-state index in [0.29, 0.717) is 0 Å². The van der Waals surface area contributed by atoms with Crippen LogP contribution in [0.25, 0.3) is 0 Å². The minimum Gasteiger partial charge on any atom is -0.380 e. The summed E-state index contributed by atoms with van der Waals surface area (Å²) >= 11 is 0. The van der Waals surface area contributed by atoms with E-state index in [1.807, 2.05) is 0 Å². The Labute approximate surface area is 75.1 Å². The summed E-state index contributed by atoms with van der Waals surface area (Å²) in [5.74, 6) is -1.59. The first-order valence-corrected chi connectivity index (χ1v) is 6.05. The summed E-state index contributed by atoms with van der Waals surface area (Å²) in [6.07, 6.45) is -0.0652. The molecule has 1 atom stereocenters. The third-order valence-electron chi connectivity index (χ3n) is 0.813. The van der Waals surface area contributed by atoms with E-state index in [0.717, 1.165) is 0 Å². The average Bonchev–Trinajstić information content (AvgIpc) is 1.84. The summed E-state index contributed by atoms with van der Waals surface area (Å²) in [6.45, 7) is 0.0757. The maximum atomic E-state index is 10.1. The van der Waals surface area contributed by atoms with Crippen molar-refractivity contribution in [2.75, 3.05) is 6.54 Å². The Bertz CT molecular complexity index is 186. The van der Waals surface area contributed by atoms with Gasteiger partial charge in [-0.05, 0) is 13.0 Å². The summed E-state index contributed by atoms with van der Waals surface area (Å²) in [5, 5.41) is 8.54. The summed E-state index contributed by atoms with van der Waals surface area (Å²) in [7, 11) is -7.43. The van der Waals surface area contributed by atoms with Gasteiger partial charge in [-0.25, -0.2) is 0 Å². The maximum absolute atomic E-state index is 10.1. The van der Waals surface area contributed by atoms with Crippen molar-refractivity contribution in [3.63, 3.8) is 0 Å². The zero-order chi connectivity index (χ0) is 11.1. The average molecular weight is 237 g/mol. The fraction of sp³-hybridized carbons (Fsp3) is 1.00. The lowest BCUT2D eigenvalue weighted by Gasteiger charge is -2.09. The van der Waals surface area contributed by atoms with Gasteiger partial charge in [-0.15, -0.1) is 0 Å². The van der Waals surface area contributed by atoms with Gasteiger partial charge in [0.2, 0.25) is 0 Å². The number of aliphatic hydroxyl groups is 1. The van der Waals surface area contributed by atoms with Crippen LogP contribution in [0.4, 0.5) is 0 Å². The predicted molar refractivity (Wildman–Crippen MR) is 45.2 cm³/mol. The highest BCUT2D eigenvalue weighted by Gasteiger charge is 2.24. The van der Waals surface area contributed by atoms with E-state index < -0.39 is 21.7 Å². The lowest BCUT2D eigenvalue weighted by Crippen LogP contribution is -2.13. The van der Waals surface area contributed by atoms with E-state index in [4.69, 9.17) is 35.0 Å². The lowest BCUT2D eigenvalue weighted by atomic mass is 10.5. The predicted octanol–water partition coefficient (Wildman–Crippen LogP) is -1.81. The molecule has 0 aliphatic rings. The van der Waals surface area contributed by atoms with Crippen LogP contribution in [-0.2, 0) is 9.13 Å². The number of nitrogens with two attached hydrogens (primary N) is 1. The van der Waals surface area contributed by atoms with Gasteiger partial charge >= 0.3 is 15.9 Å². The molecule has 0 amide bonds. The fourth-order valence-electron chi connectivity index (χ4n) is 0.317. The molecule has 0 heterocycles. The molecule has 0 aromatic heterocycles. The van der Waals surface area contributed by atoms with Gasteiger partial charge in [0.05, 0.1) is 0 Å². The minimum absolute atomic E-state index is 0.0652. The lowest BCUT2D eigenvalue weighted by molar-refractivity contribution is 0.196. The molecule has 0 saturated heterocycles. The largest absolute Gasteiger partial charge is 0.380 e. The molecule has 82 valence electrons. The fourth-order valence-corrected chi connectivity index (χ4v) is 0.803. The molecule has 0 fully saturated rings. The molecule has 0 spiro atoms. The van der Waals surface area contributed by atoms with Crippen LogP contribution >= 0.6 is 15.9 Å². The molecule has 0 radical (unpaired) electrons. The van der Waals surface area contributed by atoms with Gasteiger partial charge in [-0.2, -0.15) is 0 Å². The van der Waals surface area contributed by atoms with Crippen LogP contribution < -0.4 is 5.73 Å². The van der Waals surface area contributed by atoms with E-state index in [-0.39, 0.29) is 13.0 Å². The monoisotopic (exact) mass is 237 g/mol. The minimum atomic E-state index is -4.30. The van der Waals surface area contributed by atoms with Crippen molar-refractivity contribution in [3.8, 4) is 0 Å². The van der Waals surface area contributed by atoms with Crippen LogP contribution in [0.1, 0.15) is 6.42 Å². The molecule has 0 rings (SSSR count). The van der Waals surface area contributed by atoms with Gasteiger partial charge in [0, 0.05) is 0 Å². The van der Waals surface area contributed by atoms with E-state index in [9.17, 15) is 4.57 Å². The van der Waals surface area contributed by atoms with E-state index in [1.165, 1.54) is 0 Å². The number of hydrogen-bond acceptors (Lipinski definition) is 4. The van der Waals surface area contributed by atoms with Gasteiger partial charge in [0.1, 0.15) is 0 Å². The molecule has 7 N–H and O–H groups in total. The first-order valence-electron chi connectivity index (χ1n) is 3.07. The van der Waals surface area contributed by atoms with E-state index in [1.54, 1.807) is 0 Å². The highest BCUT2D eigenvalue weighted by atomic mass is 31.2. The number of rotatable bonds is 3. The second-order valence-corrected chi connectivity index (χ2v) is 4.27. The van der Waals surface area contributed by atoms with Crippen LogP contribution in [0, 0.1) is 0 Å². The number of hydrogen-bond donors (Lipinski definition) is 6. The van der Waals surface area contributed by atoms with Crippen molar-refractivity contribution in [2.24, 2.45) is 5.73 Å². The maximum Gasteiger partial charge on any atom is 0.353 e. The van der Waals surface area contributed by atoms with Crippen LogP contribution in [0.2, 0.25) is 0 Å². The standard InChI is InChI=1S/C3H10NO4P.H3O3P/c4-2-1-3(5)9(6,7)8;1-4(2)3/h3,5H,1-2,4H2,(H2,6,7,8);4H,(H2,1,2,3). The van der Waals surface area contributed by atoms with Crippen LogP contribution in [-0.4, -0.2) is 37.1 Å². The van der Waals surface area contributed by atoms with Crippen LogP contribution in [0.15, 0.2) is 0 Å². The highest BCUT2D eigenvalue weighted by Crippen LogP contribution is 2.40. The molecule has 10 heteroatoms. The Kier molecular flexibility index (Phi) is 9.18. The van der Waals surface area contributed by atoms with Crippen molar-refractivity contribution in [1.82, 2.24) is 0 Å². The summed E-state index contributed by atoms with van der Waals surface area (Å²) in [6, 6.07) is 0. The second kappa shape index (κ2) is 7.61. The van der Waals surface area contributed by atoms with Gasteiger partial charge in [0.25, 0.3) is 0 Å². The Morgan fingerprint density at radius 2 is 1.69 bits per heavy atom. The third-order valence-corrected chi connectivity index (χ3v) is 1.85. The van der Waals surface area contributed by atoms with Gasteiger partial charge in [-0.1, -0.05) is 0 Å². The molecule has 0 bridgehead atoms. The zero-order valence-electron chi connectivity index (χ0n) is 6.57. The summed E-state index contributed by atoms with van der Waals surface area (Å²) in [4.78, 5) is 30.8. The van der Waals surface area contributed by atoms with Crippen molar-refractivity contribution < 1.29 is 33.8 Å². The first kappa shape index (κ1) is 15.7. The quantitative estimate of drug-likeness (QED) is 0.313. The Balaban J connectivity index is 0. The van der Waals surface area contributed by atoms with E-state index in [2.05, 4.69) is 0 Å². The molecule has 13 heavy (non-hydrogen) atoms. The van der Waals surface area contributed by atoms with E-state index >= 15 is 0 Å². The molecule has 0 saturated carbocycles. The van der Waals surface area contributed by atoms with Crippen molar-refractivity contribution in [1.29, 1.82) is 0 Å².